The van der Waals surface area contributed by atoms with Gasteiger partial charge in [-0.2, -0.15) is 0 Å². The van der Waals surface area contributed by atoms with Crippen LogP contribution < -0.4 is 0 Å². The Labute approximate surface area is 117 Å². The highest BCUT2D eigenvalue weighted by Gasteiger charge is 2.03. The maximum Gasteiger partial charge on any atom is 0.133 e. The Kier molecular flexibility index (Phi) is 3.10. The van der Waals surface area contributed by atoms with E-state index in [-0.39, 0.29) is 0 Å². The highest BCUT2D eigenvalue weighted by Crippen LogP contribution is 2.19. The number of para-hydroxylation sites is 2. The molecule has 0 aliphatic carbocycles. The van der Waals surface area contributed by atoms with Crippen LogP contribution in [0.1, 0.15) is 11.4 Å². The third kappa shape index (κ3) is 2.27. The van der Waals surface area contributed by atoms with Gasteiger partial charge in [-0.05, 0) is 35.9 Å². The minimum absolute atomic E-state index is 0.748. The molecule has 0 saturated carbocycles. The molecular weight excluding hydrogens is 256 g/mol. The van der Waals surface area contributed by atoms with Crippen LogP contribution in [0.2, 0.25) is 5.02 Å². The number of hydrogen-bond donors (Lipinski definition) is 0. The molecule has 0 bridgehead atoms. The predicted molar refractivity (Wildman–Crippen MR) is 81.1 cm³/mol. The van der Waals surface area contributed by atoms with Gasteiger partial charge in [0, 0.05) is 12.1 Å². The van der Waals surface area contributed by atoms with Crippen LogP contribution in [0.5, 0.6) is 0 Å². The van der Waals surface area contributed by atoms with E-state index < -0.39 is 0 Å². The number of benzene rings is 2. The molecule has 0 fully saturated rings. The van der Waals surface area contributed by atoms with Crippen LogP contribution in [0.3, 0.4) is 0 Å². The molecule has 3 aromatic rings. The lowest BCUT2D eigenvalue weighted by molar-refractivity contribution is 0.930. The molecule has 0 radical (unpaired) electrons. The van der Waals surface area contributed by atoms with E-state index in [1.54, 1.807) is 0 Å². The highest BCUT2D eigenvalue weighted by atomic mass is 35.5. The molecule has 0 N–H and O–H groups in total. The SMILES string of the molecule is Cn1c(C=Cc2ccccc2Cl)nc2ccccc21. The van der Waals surface area contributed by atoms with Gasteiger partial charge >= 0.3 is 0 Å². The summed E-state index contributed by atoms with van der Waals surface area (Å²) in [7, 11) is 2.02. The van der Waals surface area contributed by atoms with E-state index in [2.05, 4.69) is 15.6 Å². The number of hydrogen-bond acceptors (Lipinski definition) is 1. The molecule has 2 nitrogen and oxygen atoms in total. The quantitative estimate of drug-likeness (QED) is 0.674. The average molecular weight is 269 g/mol. The van der Waals surface area contributed by atoms with Crippen LogP contribution in [0.4, 0.5) is 0 Å². The molecule has 0 spiro atoms. The zero-order chi connectivity index (χ0) is 13.2. The Balaban J connectivity index is 2.02. The van der Waals surface area contributed by atoms with Crippen LogP contribution in [-0.4, -0.2) is 9.55 Å². The van der Waals surface area contributed by atoms with Crippen LogP contribution in [0.25, 0.3) is 23.2 Å². The molecule has 94 valence electrons. The summed E-state index contributed by atoms with van der Waals surface area (Å²) in [5.74, 6) is 0.918. The molecular formula is C16H13ClN2. The number of halogens is 1. The molecule has 1 heterocycles. The number of rotatable bonds is 2. The number of fused-ring (bicyclic) bond motifs is 1. The third-order valence-corrected chi connectivity index (χ3v) is 3.48. The molecule has 3 rings (SSSR count). The largest absolute Gasteiger partial charge is 0.328 e. The highest BCUT2D eigenvalue weighted by molar-refractivity contribution is 6.32. The minimum atomic E-state index is 0.748. The van der Waals surface area contributed by atoms with Crippen molar-refractivity contribution in [2.75, 3.05) is 0 Å². The number of nitrogens with zero attached hydrogens (tertiary/aromatic N) is 2. The lowest BCUT2D eigenvalue weighted by Crippen LogP contribution is -1.90. The molecule has 0 saturated heterocycles. The van der Waals surface area contributed by atoms with Crippen molar-refractivity contribution in [1.82, 2.24) is 9.55 Å². The standard InChI is InChI=1S/C16H13ClN2/c1-19-15-9-5-4-8-14(15)18-16(19)11-10-12-6-2-3-7-13(12)17/h2-11H,1H3. The Morgan fingerprint density at radius 2 is 1.74 bits per heavy atom. The first-order chi connectivity index (χ1) is 9.25. The summed E-state index contributed by atoms with van der Waals surface area (Å²) in [6.45, 7) is 0. The first-order valence-electron chi connectivity index (χ1n) is 6.10. The van der Waals surface area contributed by atoms with Crippen molar-refractivity contribution < 1.29 is 0 Å². The molecule has 19 heavy (non-hydrogen) atoms. The fourth-order valence-electron chi connectivity index (χ4n) is 2.09. The summed E-state index contributed by atoms with van der Waals surface area (Å²) in [4.78, 5) is 4.59. The van der Waals surface area contributed by atoms with Gasteiger partial charge in [0.05, 0.1) is 11.0 Å². The van der Waals surface area contributed by atoms with Crippen molar-refractivity contribution in [3.63, 3.8) is 0 Å². The first kappa shape index (κ1) is 12.0. The van der Waals surface area contributed by atoms with Crippen LogP contribution in [-0.2, 0) is 7.05 Å². The Bertz CT molecular complexity index is 756. The molecule has 0 unspecified atom stereocenters. The number of aromatic nitrogens is 2. The summed E-state index contributed by atoms with van der Waals surface area (Å²) in [5.41, 5.74) is 3.13. The van der Waals surface area contributed by atoms with Crippen molar-refractivity contribution in [1.29, 1.82) is 0 Å². The monoisotopic (exact) mass is 268 g/mol. The molecule has 0 aliphatic heterocycles. The number of aryl methyl sites for hydroxylation is 1. The molecule has 0 atom stereocenters. The number of imidazole rings is 1. The van der Waals surface area contributed by atoms with E-state index in [9.17, 15) is 0 Å². The van der Waals surface area contributed by atoms with Gasteiger partial charge in [0.15, 0.2) is 0 Å². The topological polar surface area (TPSA) is 17.8 Å². The van der Waals surface area contributed by atoms with Gasteiger partial charge in [-0.3, -0.25) is 0 Å². The van der Waals surface area contributed by atoms with Crippen LogP contribution >= 0.6 is 11.6 Å². The Morgan fingerprint density at radius 3 is 2.53 bits per heavy atom. The second-order valence-electron chi connectivity index (χ2n) is 4.37. The van der Waals surface area contributed by atoms with E-state index in [1.807, 2.05) is 61.7 Å². The minimum Gasteiger partial charge on any atom is -0.328 e. The third-order valence-electron chi connectivity index (χ3n) is 3.14. The fraction of sp³-hybridized carbons (Fsp3) is 0.0625. The summed E-state index contributed by atoms with van der Waals surface area (Å²) >= 11 is 6.13. The van der Waals surface area contributed by atoms with Crippen LogP contribution in [0.15, 0.2) is 48.5 Å². The van der Waals surface area contributed by atoms with Gasteiger partial charge < -0.3 is 4.57 Å². The van der Waals surface area contributed by atoms with Crippen molar-refractivity contribution in [3.8, 4) is 0 Å². The van der Waals surface area contributed by atoms with Gasteiger partial charge in [0.2, 0.25) is 0 Å². The summed E-state index contributed by atoms with van der Waals surface area (Å²) in [6.07, 6.45) is 3.98. The lowest BCUT2D eigenvalue weighted by atomic mass is 10.2. The van der Waals surface area contributed by atoms with E-state index in [1.165, 1.54) is 0 Å². The van der Waals surface area contributed by atoms with Gasteiger partial charge in [-0.25, -0.2) is 4.98 Å². The van der Waals surface area contributed by atoms with Crippen molar-refractivity contribution >= 4 is 34.8 Å². The summed E-state index contributed by atoms with van der Waals surface area (Å²) in [5, 5.41) is 0.748. The van der Waals surface area contributed by atoms with Crippen molar-refractivity contribution in [2.24, 2.45) is 7.05 Å². The fourth-order valence-corrected chi connectivity index (χ4v) is 2.29. The van der Waals surface area contributed by atoms with E-state index >= 15 is 0 Å². The molecule has 0 amide bonds. The van der Waals surface area contributed by atoms with Gasteiger partial charge in [0.1, 0.15) is 5.82 Å². The predicted octanol–water partition coefficient (Wildman–Crippen LogP) is 4.40. The normalized spacial score (nSPS) is 11.5. The molecule has 1 aromatic heterocycles. The summed E-state index contributed by atoms with van der Waals surface area (Å²) in [6, 6.07) is 15.9. The van der Waals surface area contributed by atoms with Crippen molar-refractivity contribution in [2.45, 2.75) is 0 Å². The van der Waals surface area contributed by atoms with Crippen molar-refractivity contribution in [3.05, 3.63) is 64.9 Å². The van der Waals surface area contributed by atoms with E-state index in [4.69, 9.17) is 11.6 Å². The molecule has 3 heteroatoms. The summed E-state index contributed by atoms with van der Waals surface area (Å²) < 4.78 is 2.07. The second-order valence-corrected chi connectivity index (χ2v) is 4.78. The van der Waals surface area contributed by atoms with E-state index in [0.29, 0.717) is 0 Å². The van der Waals surface area contributed by atoms with Gasteiger partial charge in [-0.15, -0.1) is 0 Å². The lowest BCUT2D eigenvalue weighted by Gasteiger charge is -1.98. The van der Waals surface area contributed by atoms with Gasteiger partial charge in [-0.1, -0.05) is 41.9 Å². The van der Waals surface area contributed by atoms with Crippen LogP contribution in [0, 0.1) is 0 Å². The Morgan fingerprint density at radius 1 is 1.00 bits per heavy atom. The second kappa shape index (κ2) is 4.90. The van der Waals surface area contributed by atoms with Gasteiger partial charge in [0.25, 0.3) is 0 Å². The molecule has 0 aliphatic rings. The average Bonchev–Trinajstić information content (AvgIpc) is 2.75. The van der Waals surface area contributed by atoms with E-state index in [0.717, 1.165) is 27.4 Å². The Hall–Kier alpha value is -2.06. The first-order valence-corrected chi connectivity index (χ1v) is 6.47. The zero-order valence-electron chi connectivity index (χ0n) is 10.5. The zero-order valence-corrected chi connectivity index (χ0v) is 11.3. The maximum absolute atomic E-state index is 6.13. The molecule has 2 aromatic carbocycles. The smallest absolute Gasteiger partial charge is 0.133 e. The maximum atomic E-state index is 6.13.